The minimum Gasteiger partial charge on any atom is -0.493 e. The molecule has 2 aromatic carbocycles. The van der Waals surface area contributed by atoms with Gasteiger partial charge in [0, 0.05) is 6.54 Å². The number of carbonyl (C=O) groups is 1. The molecule has 0 spiro atoms. The van der Waals surface area contributed by atoms with Crippen LogP contribution in [0.5, 0.6) is 17.2 Å². The average Bonchev–Trinajstić information content (AvgIpc) is 2.71. The molecule has 0 unspecified atom stereocenters. The highest BCUT2D eigenvalue weighted by Gasteiger charge is 2.18. The van der Waals surface area contributed by atoms with Crippen LogP contribution in [0.25, 0.3) is 0 Å². The second-order valence-corrected chi connectivity index (χ2v) is 6.87. The Hall–Kier alpha value is -2.69. The van der Waals surface area contributed by atoms with Crippen LogP contribution in [0.3, 0.4) is 0 Å². The largest absolute Gasteiger partial charge is 0.493 e. The molecule has 5 heteroatoms. The van der Waals surface area contributed by atoms with Gasteiger partial charge in [-0.2, -0.15) is 0 Å². The van der Waals surface area contributed by atoms with E-state index in [4.69, 9.17) is 14.2 Å². The predicted molar refractivity (Wildman–Crippen MR) is 111 cm³/mol. The van der Waals surface area contributed by atoms with Gasteiger partial charge >= 0.3 is 0 Å². The highest BCUT2D eigenvalue weighted by molar-refractivity contribution is 5.81. The predicted octanol–water partition coefficient (Wildman–Crippen LogP) is 4.23. The summed E-state index contributed by atoms with van der Waals surface area (Å²) in [7, 11) is 3.25. The SMILES string of the molecule is CC[C@H](Oc1cc(C)ccc1C)C(=O)NCCCc1ccc(OC)c(OC)c1. The topological polar surface area (TPSA) is 56.8 Å². The molecule has 0 saturated carbocycles. The van der Waals surface area contributed by atoms with Crippen LogP contribution in [0.1, 0.15) is 36.5 Å². The Morgan fingerprint density at radius 2 is 1.75 bits per heavy atom. The standard InChI is InChI=1S/C23H31NO4/c1-6-19(28-21-14-16(2)9-10-17(21)3)23(25)24-13-7-8-18-11-12-20(26-4)22(15-18)27-5/h9-12,14-15,19H,6-8,13H2,1-5H3,(H,24,25)/t19-/m0/s1. The number of methoxy groups -OCH3 is 2. The summed E-state index contributed by atoms with van der Waals surface area (Å²) in [6.45, 7) is 6.56. The Balaban J connectivity index is 1.84. The van der Waals surface area contributed by atoms with E-state index in [-0.39, 0.29) is 5.91 Å². The zero-order valence-electron chi connectivity index (χ0n) is 17.5. The lowest BCUT2D eigenvalue weighted by atomic mass is 10.1. The second-order valence-electron chi connectivity index (χ2n) is 6.87. The van der Waals surface area contributed by atoms with Crippen LogP contribution in [0.15, 0.2) is 36.4 Å². The quantitative estimate of drug-likeness (QED) is 0.622. The van der Waals surface area contributed by atoms with Crippen molar-refractivity contribution >= 4 is 5.91 Å². The molecule has 0 aromatic heterocycles. The highest BCUT2D eigenvalue weighted by Crippen LogP contribution is 2.28. The van der Waals surface area contributed by atoms with Crippen molar-refractivity contribution in [3.8, 4) is 17.2 Å². The van der Waals surface area contributed by atoms with E-state index in [1.54, 1.807) is 14.2 Å². The highest BCUT2D eigenvalue weighted by atomic mass is 16.5. The van der Waals surface area contributed by atoms with Gasteiger partial charge in [0.1, 0.15) is 5.75 Å². The molecule has 0 heterocycles. The van der Waals surface area contributed by atoms with Gasteiger partial charge < -0.3 is 19.5 Å². The van der Waals surface area contributed by atoms with Crippen molar-refractivity contribution in [1.82, 2.24) is 5.32 Å². The third-order valence-corrected chi connectivity index (χ3v) is 4.67. The molecule has 0 bridgehead atoms. The first-order chi connectivity index (χ1) is 13.5. The van der Waals surface area contributed by atoms with E-state index in [1.165, 1.54) is 0 Å². The lowest BCUT2D eigenvalue weighted by Gasteiger charge is -2.19. The molecule has 2 aromatic rings. The molecule has 0 aliphatic heterocycles. The van der Waals surface area contributed by atoms with E-state index in [0.29, 0.717) is 18.7 Å². The van der Waals surface area contributed by atoms with E-state index < -0.39 is 6.10 Å². The fourth-order valence-corrected chi connectivity index (χ4v) is 2.96. The maximum absolute atomic E-state index is 12.5. The molecule has 1 N–H and O–H groups in total. The number of ether oxygens (including phenoxy) is 3. The van der Waals surface area contributed by atoms with Crippen molar-refractivity contribution in [2.24, 2.45) is 0 Å². The van der Waals surface area contributed by atoms with Gasteiger partial charge in [0.25, 0.3) is 5.91 Å². The number of rotatable bonds is 10. The van der Waals surface area contributed by atoms with Crippen LogP contribution in [0.2, 0.25) is 0 Å². The van der Waals surface area contributed by atoms with Gasteiger partial charge in [0.05, 0.1) is 14.2 Å². The Kier molecular flexibility index (Phi) is 8.18. The maximum atomic E-state index is 12.5. The van der Waals surface area contributed by atoms with E-state index in [0.717, 1.165) is 41.0 Å². The molecule has 0 fully saturated rings. The smallest absolute Gasteiger partial charge is 0.261 e. The maximum Gasteiger partial charge on any atom is 0.261 e. The number of aryl methyl sites for hydroxylation is 3. The average molecular weight is 386 g/mol. The first-order valence-electron chi connectivity index (χ1n) is 9.71. The van der Waals surface area contributed by atoms with Gasteiger partial charge in [-0.3, -0.25) is 4.79 Å². The zero-order valence-corrected chi connectivity index (χ0v) is 17.5. The van der Waals surface area contributed by atoms with E-state index >= 15 is 0 Å². The molecule has 1 atom stereocenters. The summed E-state index contributed by atoms with van der Waals surface area (Å²) < 4.78 is 16.6. The minimum atomic E-state index is -0.485. The van der Waals surface area contributed by atoms with Gasteiger partial charge in [-0.25, -0.2) is 0 Å². The number of nitrogens with one attached hydrogen (secondary N) is 1. The van der Waals surface area contributed by atoms with Crippen LogP contribution in [0, 0.1) is 13.8 Å². The fourth-order valence-electron chi connectivity index (χ4n) is 2.96. The van der Waals surface area contributed by atoms with Crippen LogP contribution >= 0.6 is 0 Å². The third kappa shape index (κ3) is 5.91. The van der Waals surface area contributed by atoms with Gasteiger partial charge in [0.2, 0.25) is 0 Å². The normalized spacial score (nSPS) is 11.6. The van der Waals surface area contributed by atoms with Crippen molar-refractivity contribution in [2.45, 2.75) is 46.1 Å². The summed E-state index contributed by atoms with van der Waals surface area (Å²) in [5, 5.41) is 2.99. The van der Waals surface area contributed by atoms with E-state index in [2.05, 4.69) is 5.32 Å². The van der Waals surface area contributed by atoms with Gasteiger partial charge in [-0.05, 0) is 68.0 Å². The molecule has 0 aliphatic carbocycles. The van der Waals surface area contributed by atoms with Crippen molar-refractivity contribution < 1.29 is 19.0 Å². The zero-order chi connectivity index (χ0) is 20.5. The Morgan fingerprint density at radius 3 is 2.43 bits per heavy atom. The Morgan fingerprint density at radius 1 is 1.00 bits per heavy atom. The molecule has 5 nitrogen and oxygen atoms in total. The number of hydrogen-bond acceptors (Lipinski definition) is 4. The van der Waals surface area contributed by atoms with Crippen LogP contribution < -0.4 is 19.5 Å². The minimum absolute atomic E-state index is 0.0734. The van der Waals surface area contributed by atoms with Crippen molar-refractivity contribution in [1.29, 1.82) is 0 Å². The number of benzene rings is 2. The monoisotopic (exact) mass is 385 g/mol. The molecule has 0 aliphatic rings. The first kappa shape index (κ1) is 21.6. The van der Waals surface area contributed by atoms with Crippen molar-refractivity contribution in [3.05, 3.63) is 53.1 Å². The van der Waals surface area contributed by atoms with Crippen LogP contribution in [-0.2, 0) is 11.2 Å². The summed E-state index contributed by atoms with van der Waals surface area (Å²) in [5.74, 6) is 2.13. The summed E-state index contributed by atoms with van der Waals surface area (Å²) in [6.07, 6.45) is 1.81. The fraction of sp³-hybridized carbons (Fsp3) is 0.435. The summed E-state index contributed by atoms with van der Waals surface area (Å²) >= 11 is 0. The third-order valence-electron chi connectivity index (χ3n) is 4.67. The van der Waals surface area contributed by atoms with Crippen molar-refractivity contribution in [3.63, 3.8) is 0 Å². The van der Waals surface area contributed by atoms with E-state index in [9.17, 15) is 4.79 Å². The van der Waals surface area contributed by atoms with Gasteiger partial charge in [0.15, 0.2) is 17.6 Å². The molecule has 152 valence electrons. The summed E-state index contributed by atoms with van der Waals surface area (Å²) in [4.78, 5) is 12.5. The first-order valence-corrected chi connectivity index (χ1v) is 9.71. The lowest BCUT2D eigenvalue weighted by molar-refractivity contribution is -0.128. The lowest BCUT2D eigenvalue weighted by Crippen LogP contribution is -2.38. The molecular weight excluding hydrogens is 354 g/mol. The summed E-state index contributed by atoms with van der Waals surface area (Å²) in [5.41, 5.74) is 3.29. The Bertz CT molecular complexity index is 788. The molecule has 0 saturated heterocycles. The van der Waals surface area contributed by atoms with Gasteiger partial charge in [-0.15, -0.1) is 0 Å². The van der Waals surface area contributed by atoms with Crippen LogP contribution in [0.4, 0.5) is 0 Å². The Labute approximate surface area is 168 Å². The number of carbonyl (C=O) groups excluding carboxylic acids is 1. The second kappa shape index (κ2) is 10.6. The number of amides is 1. The molecule has 0 radical (unpaired) electrons. The molecule has 28 heavy (non-hydrogen) atoms. The van der Waals surface area contributed by atoms with Crippen LogP contribution in [-0.4, -0.2) is 32.8 Å². The molecular formula is C23H31NO4. The molecule has 2 rings (SSSR count). The van der Waals surface area contributed by atoms with E-state index in [1.807, 2.05) is 57.2 Å². The number of hydrogen-bond donors (Lipinski definition) is 1. The van der Waals surface area contributed by atoms with Crippen molar-refractivity contribution in [2.75, 3.05) is 20.8 Å². The molecule has 1 amide bonds. The summed E-state index contributed by atoms with van der Waals surface area (Å²) in [6, 6.07) is 11.9. The van der Waals surface area contributed by atoms with Gasteiger partial charge in [-0.1, -0.05) is 25.1 Å².